The van der Waals surface area contributed by atoms with E-state index < -0.39 is 0 Å². The summed E-state index contributed by atoms with van der Waals surface area (Å²) >= 11 is 0. The van der Waals surface area contributed by atoms with E-state index in [1.54, 1.807) is 0 Å². The highest BCUT2D eigenvalue weighted by molar-refractivity contribution is 4.70. The van der Waals surface area contributed by atoms with Gasteiger partial charge in [-0.2, -0.15) is 0 Å². The van der Waals surface area contributed by atoms with E-state index in [4.69, 9.17) is 0 Å². The molecule has 17 heavy (non-hydrogen) atoms. The average molecular weight is 241 g/mol. The minimum absolute atomic E-state index is 0.802. The quantitative estimate of drug-likeness (QED) is 0.455. The zero-order valence-electron chi connectivity index (χ0n) is 13.0. The van der Waals surface area contributed by atoms with Crippen LogP contribution in [-0.2, 0) is 0 Å². The van der Waals surface area contributed by atoms with Crippen LogP contribution in [0, 0.1) is 5.92 Å². The number of nitrogens with zero attached hydrogens (tertiary/aromatic N) is 1. The summed E-state index contributed by atoms with van der Waals surface area (Å²) in [7, 11) is 2.32. The van der Waals surface area contributed by atoms with Crippen molar-refractivity contribution >= 4 is 0 Å². The number of hydrogen-bond donors (Lipinski definition) is 0. The summed E-state index contributed by atoms with van der Waals surface area (Å²) in [6.07, 6.45) is 11.0. The Morgan fingerprint density at radius 3 is 2.06 bits per heavy atom. The zero-order valence-corrected chi connectivity index (χ0v) is 13.0. The Hall–Kier alpha value is -0.0400. The van der Waals surface area contributed by atoms with E-state index in [9.17, 15) is 0 Å². The molecule has 1 heteroatoms. The van der Waals surface area contributed by atoms with Crippen molar-refractivity contribution in [1.29, 1.82) is 0 Å². The Labute approximate surface area is 110 Å². The molecule has 0 heterocycles. The minimum Gasteiger partial charge on any atom is -0.303 e. The number of rotatable bonds is 11. The van der Waals surface area contributed by atoms with Crippen LogP contribution in [0.4, 0.5) is 0 Å². The number of hydrogen-bond acceptors (Lipinski definition) is 1. The first kappa shape index (κ1) is 17.0. The first-order valence-corrected chi connectivity index (χ1v) is 7.85. The topological polar surface area (TPSA) is 3.24 Å². The molecule has 0 bridgehead atoms. The fraction of sp³-hybridized carbons (Fsp3) is 1.00. The lowest BCUT2D eigenvalue weighted by atomic mass is 9.96. The normalized spacial score (nSPS) is 15.2. The largest absolute Gasteiger partial charge is 0.303 e. The molecule has 2 atom stereocenters. The van der Waals surface area contributed by atoms with Crippen molar-refractivity contribution in [1.82, 2.24) is 4.90 Å². The van der Waals surface area contributed by atoms with E-state index in [-0.39, 0.29) is 0 Å². The van der Waals surface area contributed by atoms with Crippen molar-refractivity contribution in [3.05, 3.63) is 0 Å². The van der Waals surface area contributed by atoms with Crippen LogP contribution in [0.3, 0.4) is 0 Å². The van der Waals surface area contributed by atoms with E-state index >= 15 is 0 Å². The van der Waals surface area contributed by atoms with Crippen LogP contribution in [-0.4, -0.2) is 24.5 Å². The van der Waals surface area contributed by atoms with E-state index in [1.807, 2.05) is 0 Å². The number of unbranched alkanes of at least 4 members (excludes halogenated alkanes) is 4. The molecule has 0 rings (SSSR count). The van der Waals surface area contributed by atoms with Crippen LogP contribution in [0.2, 0.25) is 0 Å². The lowest BCUT2D eigenvalue weighted by molar-refractivity contribution is 0.198. The second-order valence-electron chi connectivity index (χ2n) is 5.71. The van der Waals surface area contributed by atoms with Crippen LogP contribution >= 0.6 is 0 Å². The molecule has 0 saturated carbocycles. The molecule has 0 fully saturated rings. The monoisotopic (exact) mass is 241 g/mol. The SMILES string of the molecule is CCCCCCCN(C)C(CC)CC(C)CC. The molecule has 0 aliphatic heterocycles. The average Bonchev–Trinajstić information content (AvgIpc) is 2.34. The molecule has 0 saturated heterocycles. The summed E-state index contributed by atoms with van der Waals surface area (Å²) in [5.74, 6) is 0.877. The molecule has 0 radical (unpaired) electrons. The lowest BCUT2D eigenvalue weighted by Gasteiger charge is -2.29. The molecule has 0 aromatic rings. The van der Waals surface area contributed by atoms with Crippen molar-refractivity contribution in [2.75, 3.05) is 13.6 Å². The van der Waals surface area contributed by atoms with Gasteiger partial charge in [0.1, 0.15) is 0 Å². The Bertz CT molecular complexity index is 156. The lowest BCUT2D eigenvalue weighted by Crippen LogP contribution is -2.33. The predicted molar refractivity (Wildman–Crippen MR) is 79.5 cm³/mol. The van der Waals surface area contributed by atoms with Gasteiger partial charge < -0.3 is 4.90 Å². The highest BCUT2D eigenvalue weighted by Crippen LogP contribution is 2.17. The van der Waals surface area contributed by atoms with Crippen LogP contribution in [0.1, 0.15) is 79.1 Å². The highest BCUT2D eigenvalue weighted by Gasteiger charge is 2.14. The molecule has 104 valence electrons. The van der Waals surface area contributed by atoms with E-state index in [0.717, 1.165) is 12.0 Å². The van der Waals surface area contributed by atoms with E-state index in [0.29, 0.717) is 0 Å². The van der Waals surface area contributed by atoms with Gasteiger partial charge in [0.15, 0.2) is 0 Å². The fourth-order valence-electron chi connectivity index (χ4n) is 2.44. The standard InChI is InChI=1S/C16H35N/c1-6-9-10-11-12-13-17(5)16(8-3)14-15(4)7-2/h15-16H,6-14H2,1-5H3. The first-order chi connectivity index (χ1) is 8.15. The summed E-state index contributed by atoms with van der Waals surface area (Å²) in [5.41, 5.74) is 0. The molecule has 0 aromatic heterocycles. The van der Waals surface area contributed by atoms with Crippen LogP contribution in [0.25, 0.3) is 0 Å². The molecule has 0 spiro atoms. The molecule has 2 unspecified atom stereocenters. The fourth-order valence-corrected chi connectivity index (χ4v) is 2.44. The summed E-state index contributed by atoms with van der Waals surface area (Å²) in [6, 6.07) is 0.802. The Balaban J connectivity index is 3.71. The van der Waals surface area contributed by atoms with Gasteiger partial charge in [-0.15, -0.1) is 0 Å². The van der Waals surface area contributed by atoms with Crippen molar-refractivity contribution < 1.29 is 0 Å². The molecular weight excluding hydrogens is 206 g/mol. The van der Waals surface area contributed by atoms with Crippen molar-refractivity contribution in [3.63, 3.8) is 0 Å². The predicted octanol–water partition coefficient (Wildman–Crippen LogP) is 5.10. The van der Waals surface area contributed by atoms with Gasteiger partial charge >= 0.3 is 0 Å². The van der Waals surface area contributed by atoms with Crippen LogP contribution in [0.15, 0.2) is 0 Å². The molecule has 0 amide bonds. The van der Waals surface area contributed by atoms with Crippen LogP contribution in [0.5, 0.6) is 0 Å². The third-order valence-corrected chi connectivity index (χ3v) is 4.08. The van der Waals surface area contributed by atoms with E-state index in [2.05, 4.69) is 39.6 Å². The minimum atomic E-state index is 0.802. The Morgan fingerprint density at radius 2 is 1.53 bits per heavy atom. The van der Waals surface area contributed by atoms with Gasteiger partial charge in [-0.25, -0.2) is 0 Å². The van der Waals surface area contributed by atoms with Gasteiger partial charge in [0.25, 0.3) is 0 Å². The maximum atomic E-state index is 2.60. The summed E-state index contributed by atoms with van der Waals surface area (Å²) in [4.78, 5) is 2.60. The summed E-state index contributed by atoms with van der Waals surface area (Å²) in [6.45, 7) is 10.6. The maximum Gasteiger partial charge on any atom is 0.00921 e. The maximum absolute atomic E-state index is 2.60. The molecule has 0 aliphatic carbocycles. The first-order valence-electron chi connectivity index (χ1n) is 7.85. The van der Waals surface area contributed by atoms with Crippen LogP contribution < -0.4 is 0 Å². The second-order valence-corrected chi connectivity index (χ2v) is 5.71. The zero-order chi connectivity index (χ0) is 13.1. The highest BCUT2D eigenvalue weighted by atomic mass is 15.1. The van der Waals surface area contributed by atoms with Gasteiger partial charge in [-0.05, 0) is 38.8 Å². The molecule has 0 N–H and O–H groups in total. The van der Waals surface area contributed by atoms with E-state index in [1.165, 1.54) is 57.9 Å². The Kier molecular flexibility index (Phi) is 11.0. The van der Waals surface area contributed by atoms with Crippen molar-refractivity contribution in [2.24, 2.45) is 5.92 Å². The summed E-state index contributed by atoms with van der Waals surface area (Å²) < 4.78 is 0. The Morgan fingerprint density at radius 1 is 0.882 bits per heavy atom. The van der Waals surface area contributed by atoms with Crippen molar-refractivity contribution in [3.8, 4) is 0 Å². The van der Waals surface area contributed by atoms with Gasteiger partial charge in [-0.1, -0.05) is 59.8 Å². The molecular formula is C16H35N. The molecule has 0 aromatic carbocycles. The second kappa shape index (κ2) is 11.1. The smallest absolute Gasteiger partial charge is 0.00921 e. The molecule has 0 aliphatic rings. The summed E-state index contributed by atoms with van der Waals surface area (Å²) in [5, 5.41) is 0. The van der Waals surface area contributed by atoms with Gasteiger partial charge in [0.2, 0.25) is 0 Å². The third kappa shape index (κ3) is 8.65. The van der Waals surface area contributed by atoms with Gasteiger partial charge in [0.05, 0.1) is 0 Å². The van der Waals surface area contributed by atoms with Gasteiger partial charge in [-0.3, -0.25) is 0 Å². The van der Waals surface area contributed by atoms with Crippen molar-refractivity contribution in [2.45, 2.75) is 85.1 Å². The third-order valence-electron chi connectivity index (χ3n) is 4.08. The van der Waals surface area contributed by atoms with Gasteiger partial charge in [0, 0.05) is 6.04 Å². The molecule has 1 nitrogen and oxygen atoms in total.